The van der Waals surface area contributed by atoms with Crippen molar-refractivity contribution in [1.82, 2.24) is 20.0 Å². The minimum absolute atomic E-state index is 0.000733. The fraction of sp³-hybridized carbons (Fsp3) is 0.429. The first-order valence-electron chi connectivity index (χ1n) is 12.3. The van der Waals surface area contributed by atoms with E-state index in [9.17, 15) is 9.18 Å². The van der Waals surface area contributed by atoms with E-state index in [1.54, 1.807) is 20.0 Å². The number of amides is 1. The highest BCUT2D eigenvalue weighted by Crippen LogP contribution is 2.40. The first-order chi connectivity index (χ1) is 16.4. The van der Waals surface area contributed by atoms with Crippen molar-refractivity contribution in [2.24, 2.45) is 0 Å². The third kappa shape index (κ3) is 4.78. The van der Waals surface area contributed by atoms with Crippen LogP contribution in [0.4, 0.5) is 4.39 Å². The summed E-state index contributed by atoms with van der Waals surface area (Å²) in [6.07, 6.45) is 3.44. The molecule has 2 atom stereocenters. The second kappa shape index (κ2) is 10.5. The highest BCUT2D eigenvalue weighted by molar-refractivity contribution is 5.83. The number of rotatable bonds is 8. The number of carbonyl (C=O) groups is 1. The summed E-state index contributed by atoms with van der Waals surface area (Å²) in [6, 6.07) is 15.2. The predicted molar refractivity (Wildman–Crippen MR) is 133 cm³/mol. The van der Waals surface area contributed by atoms with Crippen molar-refractivity contribution in [3.8, 4) is 0 Å². The molecule has 0 unspecified atom stereocenters. The van der Waals surface area contributed by atoms with Crippen LogP contribution < -0.4 is 5.32 Å². The van der Waals surface area contributed by atoms with Gasteiger partial charge in [-0.05, 0) is 62.8 Å². The van der Waals surface area contributed by atoms with Crippen LogP contribution in [0.5, 0.6) is 0 Å². The van der Waals surface area contributed by atoms with Crippen LogP contribution >= 0.6 is 0 Å². The van der Waals surface area contributed by atoms with Gasteiger partial charge in [-0.3, -0.25) is 14.4 Å². The van der Waals surface area contributed by atoms with Crippen LogP contribution in [0.3, 0.4) is 0 Å². The van der Waals surface area contributed by atoms with Crippen molar-refractivity contribution < 1.29 is 9.18 Å². The normalized spacial score (nSPS) is 16.8. The number of nitrogens with one attached hydrogen (secondary N) is 1. The number of hydrogen-bond donors (Lipinski definition) is 1. The van der Waals surface area contributed by atoms with Gasteiger partial charge in [0, 0.05) is 43.9 Å². The molecule has 0 saturated heterocycles. The summed E-state index contributed by atoms with van der Waals surface area (Å²) in [5, 5.41) is 7.71. The van der Waals surface area contributed by atoms with E-state index in [0.717, 1.165) is 55.6 Å². The lowest BCUT2D eigenvalue weighted by Crippen LogP contribution is -2.45. The van der Waals surface area contributed by atoms with E-state index in [-0.39, 0.29) is 23.8 Å². The lowest BCUT2D eigenvalue weighted by molar-refractivity contribution is -0.127. The fourth-order valence-electron chi connectivity index (χ4n) is 5.33. The third-order valence-electron chi connectivity index (χ3n) is 7.04. The number of hydrogen-bond acceptors (Lipinski definition) is 3. The van der Waals surface area contributed by atoms with Crippen LogP contribution in [0.2, 0.25) is 0 Å². The molecule has 2 heterocycles. The summed E-state index contributed by atoms with van der Waals surface area (Å²) in [5.74, 6) is -0.149. The number of nitrogens with zero attached hydrogens (tertiary/aromatic N) is 3. The number of halogens is 1. The summed E-state index contributed by atoms with van der Waals surface area (Å²) < 4.78 is 16.2. The van der Waals surface area contributed by atoms with Gasteiger partial charge in [-0.1, -0.05) is 42.5 Å². The molecule has 4 rings (SSSR count). The Morgan fingerprint density at radius 2 is 1.97 bits per heavy atom. The van der Waals surface area contributed by atoms with Crippen LogP contribution in [-0.2, 0) is 24.2 Å². The number of carbonyl (C=O) groups excluding carboxylic acids is 1. The number of fused-ring (bicyclic) bond motifs is 1. The van der Waals surface area contributed by atoms with Crippen LogP contribution in [0.25, 0.3) is 0 Å². The van der Waals surface area contributed by atoms with Gasteiger partial charge in [0.05, 0.1) is 5.69 Å². The monoisotopic (exact) mass is 462 g/mol. The molecule has 1 aliphatic heterocycles. The number of aryl methyl sites for hydroxylation is 4. The second-order valence-electron chi connectivity index (χ2n) is 9.17. The summed E-state index contributed by atoms with van der Waals surface area (Å²) in [7, 11) is 1.70. The Kier molecular flexibility index (Phi) is 7.47. The minimum Gasteiger partial charge on any atom is -0.358 e. The maximum Gasteiger partial charge on any atom is 0.241 e. The van der Waals surface area contributed by atoms with Crippen LogP contribution in [0.15, 0.2) is 48.5 Å². The first kappa shape index (κ1) is 24.1. The molecular formula is C28H35FN4O. The van der Waals surface area contributed by atoms with E-state index in [1.165, 1.54) is 11.3 Å². The molecule has 0 aliphatic carbocycles. The topological polar surface area (TPSA) is 50.2 Å². The zero-order valence-corrected chi connectivity index (χ0v) is 20.6. The minimum atomic E-state index is -0.370. The molecule has 6 heteroatoms. The maximum absolute atomic E-state index is 14.1. The SMILES string of the molecule is CCn1nc(C)c2c1CCN([C@@H](C(=O)NC)c1ccccc1)[C@H]2CCCc1ccc(C)c(F)c1. The van der Waals surface area contributed by atoms with E-state index in [1.807, 2.05) is 42.5 Å². The molecule has 1 amide bonds. The number of aromatic nitrogens is 2. The molecule has 1 N–H and O–H groups in total. The molecule has 3 aromatic rings. The highest BCUT2D eigenvalue weighted by atomic mass is 19.1. The van der Waals surface area contributed by atoms with Crippen molar-refractivity contribution >= 4 is 5.91 Å². The Bertz CT molecular complexity index is 1140. The molecule has 2 aromatic carbocycles. The quantitative estimate of drug-likeness (QED) is 0.509. The number of likely N-dealkylation sites (N-methyl/N-ethyl adjacent to an activating group) is 1. The Morgan fingerprint density at radius 1 is 1.21 bits per heavy atom. The summed E-state index contributed by atoms with van der Waals surface area (Å²) in [4.78, 5) is 15.5. The van der Waals surface area contributed by atoms with Gasteiger partial charge < -0.3 is 5.32 Å². The number of benzene rings is 2. The zero-order chi connectivity index (χ0) is 24.2. The average Bonchev–Trinajstić information content (AvgIpc) is 3.18. The largest absolute Gasteiger partial charge is 0.358 e. The summed E-state index contributed by atoms with van der Waals surface area (Å²) >= 11 is 0. The van der Waals surface area contributed by atoms with E-state index in [2.05, 4.69) is 28.7 Å². The molecule has 0 fully saturated rings. The van der Waals surface area contributed by atoms with Gasteiger partial charge in [-0.25, -0.2) is 4.39 Å². The Balaban J connectivity index is 1.67. The Labute approximate surface area is 202 Å². The van der Waals surface area contributed by atoms with Crippen LogP contribution in [0, 0.1) is 19.7 Å². The van der Waals surface area contributed by atoms with Crippen molar-refractivity contribution in [2.75, 3.05) is 13.6 Å². The molecule has 0 bridgehead atoms. The Hall–Kier alpha value is -2.99. The van der Waals surface area contributed by atoms with Gasteiger partial charge in [-0.15, -0.1) is 0 Å². The summed E-state index contributed by atoms with van der Waals surface area (Å²) in [5.41, 5.74) is 6.26. The van der Waals surface area contributed by atoms with E-state index < -0.39 is 0 Å². The van der Waals surface area contributed by atoms with Gasteiger partial charge in [0.2, 0.25) is 5.91 Å². The lowest BCUT2D eigenvalue weighted by Gasteiger charge is -2.41. The van der Waals surface area contributed by atoms with E-state index in [4.69, 9.17) is 5.10 Å². The summed E-state index contributed by atoms with van der Waals surface area (Å²) in [6.45, 7) is 7.61. The van der Waals surface area contributed by atoms with Crippen LogP contribution in [0.1, 0.15) is 65.5 Å². The molecule has 0 saturated carbocycles. The van der Waals surface area contributed by atoms with Crippen molar-refractivity contribution in [1.29, 1.82) is 0 Å². The average molecular weight is 463 g/mol. The third-order valence-corrected chi connectivity index (χ3v) is 7.04. The van der Waals surface area contributed by atoms with Crippen molar-refractivity contribution in [3.05, 3.63) is 88.0 Å². The molecule has 0 radical (unpaired) electrons. The predicted octanol–water partition coefficient (Wildman–Crippen LogP) is 5.07. The van der Waals surface area contributed by atoms with Gasteiger partial charge in [0.1, 0.15) is 11.9 Å². The smallest absolute Gasteiger partial charge is 0.241 e. The van der Waals surface area contributed by atoms with Gasteiger partial charge in [0.25, 0.3) is 0 Å². The van der Waals surface area contributed by atoms with Crippen LogP contribution in [-0.4, -0.2) is 34.2 Å². The first-order valence-corrected chi connectivity index (χ1v) is 12.3. The lowest BCUT2D eigenvalue weighted by atomic mass is 9.88. The molecule has 0 spiro atoms. The van der Waals surface area contributed by atoms with Gasteiger partial charge >= 0.3 is 0 Å². The molecule has 5 nitrogen and oxygen atoms in total. The second-order valence-corrected chi connectivity index (χ2v) is 9.17. The maximum atomic E-state index is 14.1. The standard InChI is InChI=1S/C28H35FN4O/c1-5-33-25-16-17-32(27(28(34)30-4)22-11-7-6-8-12-22)24(26(25)20(3)31-33)13-9-10-21-15-14-19(2)23(29)18-21/h6-8,11-12,14-15,18,24,27H,5,9-10,13,16-17H2,1-4H3,(H,30,34)/t24-,27+/m0/s1. The van der Waals surface area contributed by atoms with E-state index >= 15 is 0 Å². The molecule has 34 heavy (non-hydrogen) atoms. The zero-order valence-electron chi connectivity index (χ0n) is 20.6. The van der Waals surface area contributed by atoms with Gasteiger partial charge in [-0.2, -0.15) is 5.10 Å². The van der Waals surface area contributed by atoms with E-state index in [0.29, 0.717) is 5.56 Å². The molecule has 1 aromatic heterocycles. The molecular weight excluding hydrogens is 427 g/mol. The molecule has 180 valence electrons. The fourth-order valence-corrected chi connectivity index (χ4v) is 5.33. The molecule has 1 aliphatic rings. The van der Waals surface area contributed by atoms with Crippen molar-refractivity contribution in [2.45, 2.75) is 65.1 Å². The van der Waals surface area contributed by atoms with Crippen molar-refractivity contribution in [3.63, 3.8) is 0 Å². The Morgan fingerprint density at radius 3 is 2.65 bits per heavy atom. The highest BCUT2D eigenvalue weighted by Gasteiger charge is 2.38. The van der Waals surface area contributed by atoms with Gasteiger partial charge in [0.15, 0.2) is 0 Å².